The Morgan fingerprint density at radius 3 is 2.86 bits per heavy atom. The minimum Gasteiger partial charge on any atom is -0.390 e. The predicted octanol–water partition coefficient (Wildman–Crippen LogP) is 0.947. The summed E-state index contributed by atoms with van der Waals surface area (Å²) in [6.45, 7) is 0.0113. The third-order valence-electron chi connectivity index (χ3n) is 2.04. The molecule has 4 nitrogen and oxygen atoms in total. The molecule has 0 radical (unpaired) electrons. The zero-order valence-corrected chi connectivity index (χ0v) is 7.59. The number of pyridine rings is 1. The van der Waals surface area contributed by atoms with Crippen LogP contribution < -0.4 is 5.73 Å². The Bertz CT molecular complexity index is 419. The molecular formula is C10H11N3O. The van der Waals surface area contributed by atoms with E-state index in [0.29, 0.717) is 5.82 Å². The molecule has 0 spiro atoms. The Balaban J connectivity index is 2.44. The van der Waals surface area contributed by atoms with Crippen LogP contribution >= 0.6 is 0 Å². The number of nitrogens with zero attached hydrogens (tertiary/aromatic N) is 2. The van der Waals surface area contributed by atoms with E-state index in [1.54, 1.807) is 12.3 Å². The number of aliphatic hydroxyl groups excluding tert-OH is 1. The summed E-state index contributed by atoms with van der Waals surface area (Å²) in [4.78, 5) is 3.99. The first-order valence-corrected chi connectivity index (χ1v) is 4.30. The zero-order valence-electron chi connectivity index (χ0n) is 7.59. The highest BCUT2D eigenvalue weighted by Gasteiger charge is 2.01. The number of hydrogen-bond acceptors (Lipinski definition) is 3. The van der Waals surface area contributed by atoms with Crippen LogP contribution in [-0.4, -0.2) is 14.7 Å². The lowest BCUT2D eigenvalue weighted by molar-refractivity contribution is 0.274. The van der Waals surface area contributed by atoms with Gasteiger partial charge < -0.3 is 15.4 Å². The van der Waals surface area contributed by atoms with Crippen LogP contribution in [0.1, 0.15) is 5.69 Å². The van der Waals surface area contributed by atoms with E-state index in [0.717, 1.165) is 11.4 Å². The second kappa shape index (κ2) is 3.51. The van der Waals surface area contributed by atoms with Gasteiger partial charge in [-0.25, -0.2) is 4.98 Å². The molecule has 4 heteroatoms. The van der Waals surface area contributed by atoms with Crippen molar-refractivity contribution in [3.8, 4) is 5.69 Å². The Morgan fingerprint density at radius 2 is 2.21 bits per heavy atom. The third kappa shape index (κ3) is 1.47. The Kier molecular flexibility index (Phi) is 2.20. The number of anilines is 1. The quantitative estimate of drug-likeness (QED) is 0.739. The van der Waals surface area contributed by atoms with Gasteiger partial charge in [0.05, 0.1) is 18.5 Å². The number of aliphatic hydroxyl groups is 1. The Hall–Kier alpha value is -1.81. The lowest BCUT2D eigenvalue weighted by Gasteiger charge is -2.06. The molecule has 0 aliphatic rings. The van der Waals surface area contributed by atoms with Crippen LogP contribution in [0, 0.1) is 0 Å². The summed E-state index contributed by atoms with van der Waals surface area (Å²) in [6, 6.07) is 7.33. The molecule has 0 saturated carbocycles. The van der Waals surface area contributed by atoms with Crippen LogP contribution in [0.15, 0.2) is 36.7 Å². The van der Waals surface area contributed by atoms with Crippen LogP contribution in [0.4, 0.5) is 5.82 Å². The molecule has 3 N–H and O–H groups in total. The number of nitrogens with two attached hydrogens (primary N) is 1. The summed E-state index contributed by atoms with van der Waals surface area (Å²) in [5, 5.41) is 9.06. The van der Waals surface area contributed by atoms with E-state index in [4.69, 9.17) is 10.8 Å². The molecule has 0 amide bonds. The van der Waals surface area contributed by atoms with Crippen LogP contribution in [0.25, 0.3) is 5.69 Å². The van der Waals surface area contributed by atoms with Gasteiger partial charge in [0.25, 0.3) is 0 Å². The van der Waals surface area contributed by atoms with Gasteiger partial charge in [0.1, 0.15) is 5.82 Å². The molecule has 14 heavy (non-hydrogen) atoms. The van der Waals surface area contributed by atoms with Gasteiger partial charge in [-0.15, -0.1) is 0 Å². The fourth-order valence-corrected chi connectivity index (χ4v) is 1.34. The molecule has 0 saturated heterocycles. The van der Waals surface area contributed by atoms with Gasteiger partial charge in [-0.3, -0.25) is 0 Å². The molecule has 2 aromatic rings. The standard InChI is InChI=1S/C10H11N3O/c11-10-4-3-8(6-12-10)13-5-1-2-9(13)7-14/h1-6,14H,7H2,(H2,11,12). The number of nitrogen functional groups attached to an aromatic ring is 1. The maximum absolute atomic E-state index is 9.06. The van der Waals surface area contributed by atoms with Crippen molar-refractivity contribution in [2.24, 2.45) is 0 Å². The van der Waals surface area contributed by atoms with Crippen LogP contribution in [0.2, 0.25) is 0 Å². The van der Waals surface area contributed by atoms with Crippen molar-refractivity contribution < 1.29 is 5.11 Å². The molecule has 2 heterocycles. The number of hydrogen-bond donors (Lipinski definition) is 2. The minimum absolute atomic E-state index is 0.0113. The molecule has 0 aromatic carbocycles. The number of rotatable bonds is 2. The highest BCUT2D eigenvalue weighted by Crippen LogP contribution is 2.12. The van der Waals surface area contributed by atoms with E-state index in [1.165, 1.54) is 0 Å². The van der Waals surface area contributed by atoms with Gasteiger partial charge in [0, 0.05) is 11.9 Å². The maximum atomic E-state index is 9.06. The molecule has 2 aromatic heterocycles. The van der Waals surface area contributed by atoms with Gasteiger partial charge in [0.2, 0.25) is 0 Å². The van der Waals surface area contributed by atoms with E-state index in [1.807, 2.05) is 29.0 Å². The molecule has 0 bridgehead atoms. The fraction of sp³-hybridized carbons (Fsp3) is 0.100. The molecular weight excluding hydrogens is 178 g/mol. The number of aromatic nitrogens is 2. The SMILES string of the molecule is Nc1ccc(-n2cccc2CO)cn1. The average Bonchev–Trinajstić information content (AvgIpc) is 2.67. The Morgan fingerprint density at radius 1 is 1.36 bits per heavy atom. The van der Waals surface area contributed by atoms with Crippen molar-refractivity contribution in [3.05, 3.63) is 42.4 Å². The molecule has 0 fully saturated rings. The monoisotopic (exact) mass is 189 g/mol. The lowest BCUT2D eigenvalue weighted by atomic mass is 10.4. The summed E-state index contributed by atoms with van der Waals surface area (Å²) >= 11 is 0. The first-order chi connectivity index (χ1) is 6.81. The maximum Gasteiger partial charge on any atom is 0.123 e. The van der Waals surface area contributed by atoms with E-state index in [9.17, 15) is 0 Å². The van der Waals surface area contributed by atoms with E-state index in [-0.39, 0.29) is 6.61 Å². The van der Waals surface area contributed by atoms with Gasteiger partial charge in [-0.2, -0.15) is 0 Å². The zero-order chi connectivity index (χ0) is 9.97. The Labute approximate surface area is 81.6 Å². The van der Waals surface area contributed by atoms with Crippen molar-refractivity contribution in [2.45, 2.75) is 6.61 Å². The summed E-state index contributed by atoms with van der Waals surface area (Å²) in [5.41, 5.74) is 7.21. The predicted molar refractivity (Wildman–Crippen MR) is 53.9 cm³/mol. The van der Waals surface area contributed by atoms with Crippen molar-refractivity contribution >= 4 is 5.82 Å². The molecule has 0 atom stereocenters. The highest BCUT2D eigenvalue weighted by atomic mass is 16.3. The normalized spacial score (nSPS) is 10.4. The van der Waals surface area contributed by atoms with Crippen molar-refractivity contribution in [1.82, 2.24) is 9.55 Å². The largest absolute Gasteiger partial charge is 0.390 e. The molecule has 2 rings (SSSR count). The first-order valence-electron chi connectivity index (χ1n) is 4.30. The van der Waals surface area contributed by atoms with Crippen LogP contribution in [-0.2, 0) is 6.61 Å². The molecule has 0 unspecified atom stereocenters. The van der Waals surface area contributed by atoms with Gasteiger partial charge >= 0.3 is 0 Å². The smallest absolute Gasteiger partial charge is 0.123 e. The van der Waals surface area contributed by atoms with Gasteiger partial charge in [-0.05, 0) is 24.3 Å². The van der Waals surface area contributed by atoms with Crippen molar-refractivity contribution in [3.63, 3.8) is 0 Å². The van der Waals surface area contributed by atoms with Crippen LogP contribution in [0.5, 0.6) is 0 Å². The average molecular weight is 189 g/mol. The van der Waals surface area contributed by atoms with E-state index in [2.05, 4.69) is 4.98 Å². The lowest BCUT2D eigenvalue weighted by Crippen LogP contribution is -1.99. The molecule has 0 aliphatic carbocycles. The van der Waals surface area contributed by atoms with Gasteiger partial charge in [-0.1, -0.05) is 0 Å². The van der Waals surface area contributed by atoms with E-state index < -0.39 is 0 Å². The van der Waals surface area contributed by atoms with Crippen molar-refractivity contribution in [2.75, 3.05) is 5.73 Å². The minimum atomic E-state index is 0.0113. The second-order valence-electron chi connectivity index (χ2n) is 2.97. The summed E-state index contributed by atoms with van der Waals surface area (Å²) in [6.07, 6.45) is 3.55. The summed E-state index contributed by atoms with van der Waals surface area (Å²) in [5.74, 6) is 0.492. The van der Waals surface area contributed by atoms with Crippen molar-refractivity contribution in [1.29, 1.82) is 0 Å². The van der Waals surface area contributed by atoms with Crippen LogP contribution in [0.3, 0.4) is 0 Å². The summed E-state index contributed by atoms with van der Waals surface area (Å²) < 4.78 is 1.87. The topological polar surface area (TPSA) is 64.1 Å². The third-order valence-corrected chi connectivity index (χ3v) is 2.04. The molecule has 72 valence electrons. The van der Waals surface area contributed by atoms with Gasteiger partial charge in [0.15, 0.2) is 0 Å². The highest BCUT2D eigenvalue weighted by molar-refractivity contribution is 5.38. The fourth-order valence-electron chi connectivity index (χ4n) is 1.34. The van der Waals surface area contributed by atoms with E-state index >= 15 is 0 Å². The molecule has 0 aliphatic heterocycles. The first kappa shape index (κ1) is 8.77. The summed E-state index contributed by atoms with van der Waals surface area (Å²) in [7, 11) is 0. The second-order valence-corrected chi connectivity index (χ2v) is 2.97.